The van der Waals surface area contributed by atoms with E-state index in [1.165, 1.54) is 73.5 Å². The minimum absolute atomic E-state index is 0.0304. The smallest absolute Gasteiger partial charge is 0.396 e. The molecule has 6 nitrogen and oxygen atoms in total. The van der Waals surface area contributed by atoms with Crippen LogP contribution in [-0.4, -0.2) is 36.8 Å². The minimum Gasteiger partial charge on any atom is -0.482 e. The Morgan fingerprint density at radius 3 is 2.30 bits per heavy atom. The topological polar surface area (TPSA) is 76.1 Å². The van der Waals surface area contributed by atoms with E-state index in [1.807, 2.05) is 0 Å². The summed E-state index contributed by atoms with van der Waals surface area (Å²) in [6, 6.07) is 12.4. The van der Waals surface area contributed by atoms with Crippen molar-refractivity contribution in [1.29, 1.82) is 0 Å². The van der Waals surface area contributed by atoms with Gasteiger partial charge in [-0.2, -0.15) is 13.2 Å². The van der Waals surface area contributed by atoms with Gasteiger partial charge in [-0.15, -0.1) is 0 Å². The molecule has 1 aliphatic heterocycles. The summed E-state index contributed by atoms with van der Waals surface area (Å²) in [6.45, 7) is 1.25. The van der Waals surface area contributed by atoms with Crippen LogP contribution in [0.3, 0.4) is 0 Å². The van der Waals surface area contributed by atoms with Crippen molar-refractivity contribution < 1.29 is 37.3 Å². The Morgan fingerprint density at radius 1 is 1.05 bits per heavy atom. The Morgan fingerprint density at radius 2 is 1.70 bits per heavy atom. The summed E-state index contributed by atoms with van der Waals surface area (Å²) >= 11 is 12.4. The van der Waals surface area contributed by atoms with Crippen molar-refractivity contribution in [3.05, 3.63) is 81.3 Å². The quantitative estimate of drug-likeness (QED) is 0.347. The van der Waals surface area contributed by atoms with E-state index >= 15 is 0 Å². The summed E-state index contributed by atoms with van der Waals surface area (Å²) < 4.78 is 54.0. The number of hydrogen-bond donors (Lipinski definition) is 1. The summed E-state index contributed by atoms with van der Waals surface area (Å²) in [5.74, 6) is -3.77. The number of ether oxygens (including phenoxy) is 2. The highest BCUT2D eigenvalue weighted by atomic mass is 35.5. The van der Waals surface area contributed by atoms with Gasteiger partial charge in [0.25, 0.3) is 5.91 Å². The average Bonchev–Trinajstić information content (AvgIpc) is 2.81. The summed E-state index contributed by atoms with van der Waals surface area (Å²) in [5, 5.41) is 9.11. The Bertz CT molecular complexity index is 1380. The SMILES string of the molecule is CC(c1ccc(Oc2ccc(C(=O)O)c(Cl)c2)cc1Cl)C(c1ccc2c(c1)N(C)C(=O)CO2)C(F)(F)F. The number of amides is 1. The first-order valence-electron chi connectivity index (χ1n) is 11.0. The molecule has 2 atom stereocenters. The van der Waals surface area contributed by atoms with E-state index in [-0.39, 0.29) is 56.4 Å². The molecule has 0 aliphatic carbocycles. The second-order valence-electron chi connectivity index (χ2n) is 8.51. The fourth-order valence-electron chi connectivity index (χ4n) is 4.23. The van der Waals surface area contributed by atoms with Crippen LogP contribution in [-0.2, 0) is 4.79 Å². The van der Waals surface area contributed by atoms with Crippen LogP contribution in [0.5, 0.6) is 17.2 Å². The molecule has 0 fully saturated rings. The third kappa shape index (κ3) is 5.47. The molecule has 11 heteroatoms. The first-order chi connectivity index (χ1) is 17.4. The fraction of sp³-hybridized carbons (Fsp3) is 0.231. The fourth-order valence-corrected chi connectivity index (χ4v) is 4.83. The molecule has 4 rings (SSSR count). The molecule has 0 aromatic heterocycles. The Hall–Kier alpha value is -3.43. The van der Waals surface area contributed by atoms with Gasteiger partial charge in [-0.3, -0.25) is 4.79 Å². The number of nitrogens with zero attached hydrogens (tertiary/aromatic N) is 1. The molecular weight excluding hydrogens is 534 g/mol. The van der Waals surface area contributed by atoms with Gasteiger partial charge >= 0.3 is 12.1 Å². The molecule has 0 saturated heterocycles. The lowest BCUT2D eigenvalue weighted by Gasteiger charge is -2.31. The van der Waals surface area contributed by atoms with E-state index < -0.39 is 24.0 Å². The van der Waals surface area contributed by atoms with Crippen molar-refractivity contribution >= 4 is 40.8 Å². The highest BCUT2D eigenvalue weighted by molar-refractivity contribution is 6.33. The van der Waals surface area contributed by atoms with Gasteiger partial charge in [-0.05, 0) is 53.4 Å². The number of carbonyl (C=O) groups is 2. The number of alkyl halides is 3. The number of likely N-dealkylation sites (N-methyl/N-ethyl adjacent to an activating group) is 1. The maximum atomic E-state index is 14.3. The van der Waals surface area contributed by atoms with Crippen LogP contribution in [0.15, 0.2) is 54.6 Å². The predicted molar refractivity (Wildman–Crippen MR) is 132 cm³/mol. The van der Waals surface area contributed by atoms with Gasteiger partial charge in [0.05, 0.1) is 22.2 Å². The van der Waals surface area contributed by atoms with Gasteiger partial charge in [-0.25, -0.2) is 4.79 Å². The molecule has 3 aromatic rings. The van der Waals surface area contributed by atoms with Crippen molar-refractivity contribution in [2.24, 2.45) is 0 Å². The lowest BCUT2D eigenvalue weighted by atomic mass is 9.81. The third-order valence-corrected chi connectivity index (χ3v) is 6.79. The number of hydrogen-bond acceptors (Lipinski definition) is 4. The van der Waals surface area contributed by atoms with E-state index in [2.05, 4.69) is 0 Å². The molecule has 1 N–H and O–H groups in total. The second kappa shape index (κ2) is 10.1. The molecule has 37 heavy (non-hydrogen) atoms. The Balaban J connectivity index is 1.63. The van der Waals surface area contributed by atoms with Crippen molar-refractivity contribution in [3.8, 4) is 17.2 Å². The van der Waals surface area contributed by atoms with Crippen LogP contribution >= 0.6 is 23.2 Å². The lowest BCUT2D eigenvalue weighted by Crippen LogP contribution is -2.35. The largest absolute Gasteiger partial charge is 0.482 e. The standard InChI is InChI=1S/C26H20Cl2F3NO5/c1-13(24(26(29,30)31)14-3-8-22-21(9-14)32(2)23(33)12-36-22)17-6-4-15(10-19(17)27)37-16-5-7-18(25(34)35)20(28)11-16/h3-11,13,24H,12H2,1-2H3,(H,34,35). The van der Waals surface area contributed by atoms with Gasteiger partial charge in [-0.1, -0.05) is 42.3 Å². The number of halogens is 5. The van der Waals surface area contributed by atoms with Crippen LogP contribution in [0.2, 0.25) is 10.0 Å². The van der Waals surface area contributed by atoms with Crippen LogP contribution in [0.1, 0.15) is 40.2 Å². The number of rotatable bonds is 6. The van der Waals surface area contributed by atoms with Gasteiger partial charge in [0.2, 0.25) is 0 Å². The van der Waals surface area contributed by atoms with Crippen LogP contribution in [0.4, 0.5) is 18.9 Å². The normalized spacial score (nSPS) is 15.0. The lowest BCUT2D eigenvalue weighted by molar-refractivity contribution is -0.154. The molecule has 3 aromatic carbocycles. The van der Waals surface area contributed by atoms with E-state index in [9.17, 15) is 22.8 Å². The molecule has 0 spiro atoms. The second-order valence-corrected chi connectivity index (χ2v) is 9.32. The number of carboxylic acids is 1. The van der Waals surface area contributed by atoms with E-state index in [4.69, 9.17) is 37.8 Å². The molecule has 0 saturated carbocycles. The molecule has 1 heterocycles. The van der Waals surface area contributed by atoms with Gasteiger partial charge in [0, 0.05) is 18.1 Å². The highest BCUT2D eigenvalue weighted by Gasteiger charge is 2.45. The van der Waals surface area contributed by atoms with Gasteiger partial charge in [0.1, 0.15) is 17.2 Å². The minimum atomic E-state index is -4.62. The number of aromatic carboxylic acids is 1. The van der Waals surface area contributed by atoms with Crippen molar-refractivity contribution in [2.75, 3.05) is 18.6 Å². The van der Waals surface area contributed by atoms with Crippen molar-refractivity contribution in [3.63, 3.8) is 0 Å². The van der Waals surface area contributed by atoms with Crippen LogP contribution in [0.25, 0.3) is 0 Å². The zero-order valence-corrected chi connectivity index (χ0v) is 21.0. The van der Waals surface area contributed by atoms with E-state index in [0.29, 0.717) is 5.75 Å². The number of fused-ring (bicyclic) bond motifs is 1. The Kier molecular flexibility index (Phi) is 7.30. The number of carboxylic acid groups (broad SMARTS) is 1. The zero-order valence-electron chi connectivity index (χ0n) is 19.5. The maximum Gasteiger partial charge on any atom is 0.396 e. The molecule has 194 valence electrons. The molecule has 0 radical (unpaired) electrons. The van der Waals surface area contributed by atoms with Crippen molar-refractivity contribution in [1.82, 2.24) is 0 Å². The predicted octanol–water partition coefficient (Wildman–Crippen LogP) is 7.29. The number of anilines is 1. The van der Waals surface area contributed by atoms with Crippen LogP contribution in [0, 0.1) is 0 Å². The van der Waals surface area contributed by atoms with Gasteiger partial charge < -0.3 is 19.5 Å². The molecular formula is C26H20Cl2F3NO5. The summed E-state index contributed by atoms with van der Waals surface area (Å²) in [5.41, 5.74) is 0.374. The van der Waals surface area contributed by atoms with E-state index in [1.54, 1.807) is 0 Å². The first-order valence-corrected chi connectivity index (χ1v) is 11.7. The summed E-state index contributed by atoms with van der Waals surface area (Å²) in [4.78, 5) is 24.4. The van der Waals surface area contributed by atoms with Gasteiger partial charge in [0.15, 0.2) is 6.61 Å². The third-order valence-electron chi connectivity index (χ3n) is 6.15. The van der Waals surface area contributed by atoms with E-state index in [0.717, 1.165) is 0 Å². The highest BCUT2D eigenvalue weighted by Crippen LogP contribution is 2.48. The van der Waals surface area contributed by atoms with Crippen LogP contribution < -0.4 is 14.4 Å². The summed E-state index contributed by atoms with van der Waals surface area (Å²) in [7, 11) is 1.48. The summed E-state index contributed by atoms with van der Waals surface area (Å²) in [6.07, 6.45) is -4.62. The molecule has 1 amide bonds. The molecule has 0 bridgehead atoms. The maximum absolute atomic E-state index is 14.3. The molecule has 2 unspecified atom stereocenters. The Labute approximate surface area is 220 Å². The number of benzene rings is 3. The van der Waals surface area contributed by atoms with Crippen molar-refractivity contribution in [2.45, 2.75) is 24.9 Å². The zero-order chi connectivity index (χ0) is 27.1. The number of carbonyl (C=O) groups excluding carboxylic acids is 1. The monoisotopic (exact) mass is 553 g/mol. The molecule has 1 aliphatic rings. The average molecular weight is 554 g/mol. The first kappa shape index (κ1) is 26.6.